The molecule has 0 spiro atoms. The van der Waals surface area contributed by atoms with E-state index in [1.54, 1.807) is 7.11 Å². The lowest BCUT2D eigenvalue weighted by atomic mass is 10.0. The third kappa shape index (κ3) is 2.87. The van der Waals surface area contributed by atoms with Gasteiger partial charge < -0.3 is 4.74 Å². The number of rotatable bonds is 4. The summed E-state index contributed by atoms with van der Waals surface area (Å²) < 4.78 is 5.06. The van der Waals surface area contributed by atoms with Gasteiger partial charge in [-0.2, -0.15) is 0 Å². The highest BCUT2D eigenvalue weighted by Gasteiger charge is 2.12. The van der Waals surface area contributed by atoms with Crippen molar-refractivity contribution in [3.05, 3.63) is 34.9 Å². The summed E-state index contributed by atoms with van der Waals surface area (Å²) in [6.45, 7) is 0.604. The highest BCUT2D eigenvalue weighted by Crippen LogP contribution is 2.25. The van der Waals surface area contributed by atoms with E-state index in [1.165, 1.54) is 0 Å². The van der Waals surface area contributed by atoms with Gasteiger partial charge in [-0.1, -0.05) is 29.8 Å². The summed E-state index contributed by atoms with van der Waals surface area (Å²) in [6, 6.07) is 7.71. The van der Waals surface area contributed by atoms with Crippen LogP contribution in [-0.2, 0) is 4.74 Å². The number of ether oxygens (including phenoxy) is 1. The lowest BCUT2D eigenvalue weighted by Gasteiger charge is -2.14. The third-order valence-corrected chi connectivity index (χ3v) is 2.62. The maximum atomic E-state index is 6.02. The fourth-order valence-electron chi connectivity index (χ4n) is 1.22. The van der Waals surface area contributed by atoms with Gasteiger partial charge >= 0.3 is 0 Å². The minimum absolute atomic E-state index is 0.181. The minimum atomic E-state index is 0.181. The quantitative estimate of drug-likeness (QED) is 0.706. The molecular formula is C10H12Cl2O. The van der Waals surface area contributed by atoms with E-state index in [-0.39, 0.29) is 5.92 Å². The van der Waals surface area contributed by atoms with Gasteiger partial charge in [0.15, 0.2) is 0 Å². The molecular weight excluding hydrogens is 207 g/mol. The highest BCUT2D eigenvalue weighted by atomic mass is 35.5. The molecule has 0 heterocycles. The first-order valence-electron chi connectivity index (χ1n) is 4.09. The Kier molecular flexibility index (Phi) is 4.57. The van der Waals surface area contributed by atoms with Crippen LogP contribution in [-0.4, -0.2) is 19.6 Å². The molecule has 0 fully saturated rings. The largest absolute Gasteiger partial charge is 0.384 e. The van der Waals surface area contributed by atoms with Gasteiger partial charge in [-0.25, -0.2) is 0 Å². The Morgan fingerprint density at radius 3 is 2.62 bits per heavy atom. The van der Waals surface area contributed by atoms with Crippen LogP contribution in [0.5, 0.6) is 0 Å². The summed E-state index contributed by atoms with van der Waals surface area (Å²) in [5, 5.41) is 0.755. The zero-order chi connectivity index (χ0) is 9.68. The number of alkyl halides is 1. The molecule has 0 aliphatic rings. The van der Waals surface area contributed by atoms with Gasteiger partial charge in [0.2, 0.25) is 0 Å². The molecule has 0 saturated carbocycles. The van der Waals surface area contributed by atoms with Crippen molar-refractivity contribution in [2.45, 2.75) is 5.92 Å². The van der Waals surface area contributed by atoms with Gasteiger partial charge in [0.05, 0.1) is 6.61 Å². The average molecular weight is 219 g/mol. The van der Waals surface area contributed by atoms with Gasteiger partial charge in [-0.15, -0.1) is 11.6 Å². The van der Waals surface area contributed by atoms with Crippen LogP contribution >= 0.6 is 23.2 Å². The van der Waals surface area contributed by atoms with Crippen LogP contribution in [0, 0.1) is 0 Å². The molecule has 0 saturated heterocycles. The average Bonchev–Trinajstić information content (AvgIpc) is 2.16. The molecule has 0 radical (unpaired) electrons. The number of halogens is 2. The highest BCUT2D eigenvalue weighted by molar-refractivity contribution is 6.31. The van der Waals surface area contributed by atoms with E-state index in [2.05, 4.69) is 0 Å². The second kappa shape index (κ2) is 5.48. The van der Waals surface area contributed by atoms with Gasteiger partial charge in [-0.05, 0) is 11.6 Å². The second-order valence-corrected chi connectivity index (χ2v) is 3.54. The Labute approximate surface area is 88.6 Å². The molecule has 0 aliphatic carbocycles. The third-order valence-electron chi connectivity index (χ3n) is 1.90. The van der Waals surface area contributed by atoms with Crippen molar-refractivity contribution in [2.24, 2.45) is 0 Å². The molecule has 1 aromatic carbocycles. The minimum Gasteiger partial charge on any atom is -0.384 e. The Balaban J connectivity index is 2.84. The summed E-state index contributed by atoms with van der Waals surface area (Å²) in [5.41, 5.74) is 1.06. The fourth-order valence-corrected chi connectivity index (χ4v) is 1.77. The van der Waals surface area contributed by atoms with Gasteiger partial charge in [0.1, 0.15) is 0 Å². The molecule has 13 heavy (non-hydrogen) atoms. The summed E-state index contributed by atoms with van der Waals surface area (Å²) in [7, 11) is 1.66. The van der Waals surface area contributed by atoms with Crippen molar-refractivity contribution in [2.75, 3.05) is 19.6 Å². The smallest absolute Gasteiger partial charge is 0.0542 e. The number of methoxy groups -OCH3 is 1. The zero-order valence-corrected chi connectivity index (χ0v) is 8.98. The predicted molar refractivity (Wildman–Crippen MR) is 56.8 cm³/mol. The molecule has 1 unspecified atom stereocenters. The van der Waals surface area contributed by atoms with Crippen LogP contribution in [0.2, 0.25) is 5.02 Å². The van der Waals surface area contributed by atoms with Gasteiger partial charge in [0, 0.05) is 23.9 Å². The lowest BCUT2D eigenvalue weighted by molar-refractivity contribution is 0.185. The number of hydrogen-bond acceptors (Lipinski definition) is 1. The van der Waals surface area contributed by atoms with Crippen molar-refractivity contribution in [1.29, 1.82) is 0 Å². The number of benzene rings is 1. The zero-order valence-electron chi connectivity index (χ0n) is 7.47. The van der Waals surface area contributed by atoms with Crippen molar-refractivity contribution in [3.63, 3.8) is 0 Å². The van der Waals surface area contributed by atoms with Crippen LogP contribution in [0.3, 0.4) is 0 Å². The lowest BCUT2D eigenvalue weighted by Crippen LogP contribution is -2.08. The summed E-state index contributed by atoms with van der Waals surface area (Å²) in [5.74, 6) is 0.706. The SMILES string of the molecule is COCC(CCl)c1ccccc1Cl. The standard InChI is InChI=1S/C10H12Cl2O/c1-13-7-8(6-11)9-4-2-3-5-10(9)12/h2-5,8H,6-7H2,1H3. The molecule has 0 aromatic heterocycles. The normalized spacial score (nSPS) is 12.8. The molecule has 1 nitrogen and oxygen atoms in total. The predicted octanol–water partition coefficient (Wildman–Crippen LogP) is 3.31. The van der Waals surface area contributed by atoms with Crippen molar-refractivity contribution in [1.82, 2.24) is 0 Å². The van der Waals surface area contributed by atoms with Crippen LogP contribution < -0.4 is 0 Å². The Hall–Kier alpha value is -0.240. The fraction of sp³-hybridized carbons (Fsp3) is 0.400. The molecule has 1 rings (SSSR count). The molecule has 1 atom stereocenters. The molecule has 0 N–H and O–H groups in total. The van der Waals surface area contributed by atoms with Crippen molar-refractivity contribution < 1.29 is 4.74 Å². The molecule has 3 heteroatoms. The van der Waals surface area contributed by atoms with Crippen LogP contribution in [0.4, 0.5) is 0 Å². The Morgan fingerprint density at radius 1 is 1.38 bits per heavy atom. The van der Waals surface area contributed by atoms with Crippen molar-refractivity contribution >= 4 is 23.2 Å². The summed E-state index contributed by atoms with van der Waals surface area (Å²) in [6.07, 6.45) is 0. The van der Waals surface area contributed by atoms with E-state index >= 15 is 0 Å². The van der Waals surface area contributed by atoms with Crippen molar-refractivity contribution in [3.8, 4) is 0 Å². The van der Waals surface area contributed by atoms with Crippen LogP contribution in [0.15, 0.2) is 24.3 Å². The Bertz CT molecular complexity index is 263. The maximum Gasteiger partial charge on any atom is 0.0542 e. The first kappa shape index (κ1) is 10.8. The summed E-state index contributed by atoms with van der Waals surface area (Å²) >= 11 is 11.8. The van der Waals surface area contributed by atoms with E-state index in [9.17, 15) is 0 Å². The van der Waals surface area contributed by atoms with E-state index in [1.807, 2.05) is 24.3 Å². The second-order valence-electron chi connectivity index (χ2n) is 2.83. The molecule has 0 bridgehead atoms. The number of hydrogen-bond donors (Lipinski definition) is 0. The van der Waals surface area contributed by atoms with Crippen LogP contribution in [0.25, 0.3) is 0 Å². The van der Waals surface area contributed by atoms with Gasteiger partial charge in [0.25, 0.3) is 0 Å². The van der Waals surface area contributed by atoms with Crippen LogP contribution in [0.1, 0.15) is 11.5 Å². The van der Waals surface area contributed by atoms with Gasteiger partial charge in [-0.3, -0.25) is 0 Å². The first-order chi connectivity index (χ1) is 6.29. The van der Waals surface area contributed by atoms with E-state index in [0.29, 0.717) is 12.5 Å². The van der Waals surface area contributed by atoms with E-state index in [4.69, 9.17) is 27.9 Å². The van der Waals surface area contributed by atoms with E-state index in [0.717, 1.165) is 10.6 Å². The molecule has 1 aromatic rings. The summed E-state index contributed by atoms with van der Waals surface area (Å²) in [4.78, 5) is 0. The Morgan fingerprint density at radius 2 is 2.08 bits per heavy atom. The van der Waals surface area contributed by atoms with E-state index < -0.39 is 0 Å². The molecule has 0 amide bonds. The first-order valence-corrected chi connectivity index (χ1v) is 5.00. The topological polar surface area (TPSA) is 9.23 Å². The maximum absolute atomic E-state index is 6.02. The molecule has 0 aliphatic heterocycles. The monoisotopic (exact) mass is 218 g/mol. The molecule has 72 valence electrons.